The van der Waals surface area contributed by atoms with E-state index in [1.807, 2.05) is 6.07 Å². The first-order valence-corrected chi connectivity index (χ1v) is 8.86. The number of aromatic amines is 1. The Morgan fingerprint density at radius 3 is 2.83 bits per heavy atom. The van der Waals surface area contributed by atoms with Crippen LogP contribution in [0.15, 0.2) is 28.2 Å². The van der Waals surface area contributed by atoms with E-state index in [-0.39, 0.29) is 5.56 Å². The molecule has 6 nitrogen and oxygen atoms in total. The minimum atomic E-state index is -0.465. The standard InChI is InChI=1S/C16H16ClN3O3S/c1-22-12-5-4-10(8-13(12)23-7-3-6-17)14-11(9-18)15(21)20-16(19-14)24-2/h4-5,8H,3,6-7H2,1-2H3,(H,19,20,21). The Hall–Kier alpha value is -2.17. The van der Waals surface area contributed by atoms with Crippen LogP contribution >= 0.6 is 23.4 Å². The van der Waals surface area contributed by atoms with Crippen LogP contribution in [0.5, 0.6) is 11.5 Å². The summed E-state index contributed by atoms with van der Waals surface area (Å²) >= 11 is 6.95. The summed E-state index contributed by atoms with van der Waals surface area (Å²) in [6.45, 7) is 0.438. The Kier molecular flexibility index (Phi) is 6.53. The third-order valence-corrected chi connectivity index (χ3v) is 4.02. The van der Waals surface area contributed by atoms with Crippen molar-refractivity contribution in [1.82, 2.24) is 9.97 Å². The van der Waals surface area contributed by atoms with E-state index >= 15 is 0 Å². The van der Waals surface area contributed by atoms with Crippen molar-refractivity contribution in [3.05, 3.63) is 34.1 Å². The van der Waals surface area contributed by atoms with E-state index < -0.39 is 5.56 Å². The van der Waals surface area contributed by atoms with Crippen molar-refractivity contribution < 1.29 is 9.47 Å². The van der Waals surface area contributed by atoms with Crippen LogP contribution in [0.1, 0.15) is 12.0 Å². The predicted molar refractivity (Wildman–Crippen MR) is 94.2 cm³/mol. The Morgan fingerprint density at radius 1 is 1.42 bits per heavy atom. The van der Waals surface area contributed by atoms with E-state index in [0.29, 0.717) is 46.8 Å². The zero-order chi connectivity index (χ0) is 17.5. The molecule has 1 heterocycles. The first-order valence-electron chi connectivity index (χ1n) is 7.10. The molecule has 1 aromatic heterocycles. The molecule has 0 spiro atoms. The molecule has 2 aromatic rings. The molecule has 0 aliphatic carbocycles. The number of rotatable bonds is 7. The minimum absolute atomic E-state index is 0.0373. The Labute approximate surface area is 148 Å². The average molecular weight is 366 g/mol. The number of aromatic nitrogens is 2. The molecule has 0 unspecified atom stereocenters. The van der Waals surface area contributed by atoms with E-state index in [4.69, 9.17) is 21.1 Å². The number of thioether (sulfide) groups is 1. The molecule has 0 aliphatic rings. The van der Waals surface area contributed by atoms with Gasteiger partial charge in [-0.1, -0.05) is 11.8 Å². The number of ether oxygens (including phenoxy) is 2. The molecular weight excluding hydrogens is 350 g/mol. The van der Waals surface area contributed by atoms with Crippen molar-refractivity contribution in [2.75, 3.05) is 25.9 Å². The van der Waals surface area contributed by atoms with Gasteiger partial charge < -0.3 is 14.5 Å². The molecule has 0 aliphatic heterocycles. The van der Waals surface area contributed by atoms with Gasteiger partial charge in [0.2, 0.25) is 0 Å². The third-order valence-electron chi connectivity index (χ3n) is 3.18. The molecule has 24 heavy (non-hydrogen) atoms. The van der Waals surface area contributed by atoms with Crippen molar-refractivity contribution in [1.29, 1.82) is 5.26 Å². The maximum Gasteiger partial charge on any atom is 0.270 e. The molecular formula is C16H16ClN3O3S. The summed E-state index contributed by atoms with van der Waals surface area (Å²) in [5.41, 5.74) is 0.419. The quantitative estimate of drug-likeness (QED) is 0.351. The number of H-pyrrole nitrogens is 1. The van der Waals surface area contributed by atoms with Crippen LogP contribution in [0, 0.1) is 11.3 Å². The molecule has 0 atom stereocenters. The van der Waals surface area contributed by atoms with Gasteiger partial charge in [0.15, 0.2) is 16.7 Å². The zero-order valence-electron chi connectivity index (χ0n) is 13.3. The maximum absolute atomic E-state index is 12.0. The molecule has 0 saturated carbocycles. The molecule has 1 N–H and O–H groups in total. The third kappa shape index (κ3) is 4.02. The normalized spacial score (nSPS) is 10.2. The minimum Gasteiger partial charge on any atom is -0.493 e. The van der Waals surface area contributed by atoms with Crippen molar-refractivity contribution in [2.24, 2.45) is 0 Å². The number of nitrogens with zero attached hydrogens (tertiary/aromatic N) is 2. The molecule has 0 fully saturated rings. The second-order valence-corrected chi connectivity index (χ2v) is 5.84. The monoisotopic (exact) mass is 365 g/mol. The van der Waals surface area contributed by atoms with Crippen LogP contribution in [0.3, 0.4) is 0 Å². The van der Waals surface area contributed by atoms with Gasteiger partial charge in [-0.05, 0) is 30.9 Å². The summed E-state index contributed by atoms with van der Waals surface area (Å²) < 4.78 is 11.0. The van der Waals surface area contributed by atoms with Crippen LogP contribution in [0.4, 0.5) is 0 Å². The van der Waals surface area contributed by atoms with Gasteiger partial charge >= 0.3 is 0 Å². The number of benzene rings is 1. The fraction of sp³-hybridized carbons (Fsp3) is 0.312. The fourth-order valence-electron chi connectivity index (χ4n) is 2.04. The summed E-state index contributed by atoms with van der Waals surface area (Å²) in [4.78, 5) is 19.0. The van der Waals surface area contributed by atoms with Crippen LogP contribution in [0.25, 0.3) is 11.3 Å². The first kappa shape index (κ1) is 18.2. The Balaban J connectivity index is 2.53. The lowest BCUT2D eigenvalue weighted by atomic mass is 10.1. The number of nitriles is 1. The van der Waals surface area contributed by atoms with E-state index in [1.165, 1.54) is 11.8 Å². The second kappa shape index (κ2) is 8.62. The average Bonchev–Trinajstić information content (AvgIpc) is 2.61. The predicted octanol–water partition coefficient (Wildman–Crippen LogP) is 3.05. The molecule has 0 amide bonds. The Bertz CT molecular complexity index is 817. The van der Waals surface area contributed by atoms with E-state index in [9.17, 15) is 10.1 Å². The van der Waals surface area contributed by atoms with E-state index in [0.717, 1.165) is 0 Å². The first-order chi connectivity index (χ1) is 11.6. The van der Waals surface area contributed by atoms with Crippen molar-refractivity contribution in [2.45, 2.75) is 11.6 Å². The summed E-state index contributed by atoms with van der Waals surface area (Å²) in [7, 11) is 1.54. The number of methoxy groups -OCH3 is 1. The molecule has 2 rings (SSSR count). The van der Waals surface area contributed by atoms with Crippen molar-refractivity contribution >= 4 is 23.4 Å². The van der Waals surface area contributed by atoms with Crippen molar-refractivity contribution in [3.8, 4) is 28.8 Å². The molecule has 0 saturated heterocycles. The Morgan fingerprint density at radius 2 is 2.21 bits per heavy atom. The van der Waals surface area contributed by atoms with Gasteiger partial charge in [0, 0.05) is 11.4 Å². The molecule has 126 valence electrons. The lowest BCUT2D eigenvalue weighted by molar-refractivity contribution is 0.295. The van der Waals surface area contributed by atoms with Gasteiger partial charge in [0.05, 0.1) is 19.4 Å². The van der Waals surface area contributed by atoms with Gasteiger partial charge in [-0.25, -0.2) is 4.98 Å². The number of halogens is 1. The molecule has 1 aromatic carbocycles. The molecule has 8 heteroatoms. The molecule has 0 bridgehead atoms. The number of hydrogen-bond donors (Lipinski definition) is 1. The van der Waals surface area contributed by atoms with Gasteiger partial charge in [-0.2, -0.15) is 5.26 Å². The second-order valence-electron chi connectivity index (χ2n) is 4.67. The van der Waals surface area contributed by atoms with Crippen LogP contribution in [-0.4, -0.2) is 35.8 Å². The van der Waals surface area contributed by atoms with Crippen LogP contribution < -0.4 is 15.0 Å². The van der Waals surface area contributed by atoms with Gasteiger partial charge in [0.25, 0.3) is 5.56 Å². The van der Waals surface area contributed by atoms with Gasteiger partial charge in [0.1, 0.15) is 11.6 Å². The van der Waals surface area contributed by atoms with Crippen molar-refractivity contribution in [3.63, 3.8) is 0 Å². The SMILES string of the molecule is COc1ccc(-c2nc(SC)[nH]c(=O)c2C#N)cc1OCCCCl. The lowest BCUT2D eigenvalue weighted by Gasteiger charge is -2.12. The van der Waals surface area contributed by atoms with Gasteiger partial charge in [-0.3, -0.25) is 4.79 Å². The van der Waals surface area contributed by atoms with E-state index in [2.05, 4.69) is 9.97 Å². The largest absolute Gasteiger partial charge is 0.493 e. The summed E-state index contributed by atoms with van der Waals surface area (Å²) in [6, 6.07) is 7.07. The highest BCUT2D eigenvalue weighted by molar-refractivity contribution is 7.98. The summed E-state index contributed by atoms with van der Waals surface area (Å²) in [6.07, 6.45) is 2.49. The van der Waals surface area contributed by atoms with Gasteiger partial charge in [-0.15, -0.1) is 11.6 Å². The molecule has 0 radical (unpaired) electrons. The smallest absolute Gasteiger partial charge is 0.270 e. The van der Waals surface area contributed by atoms with Crippen LogP contribution in [0.2, 0.25) is 0 Å². The summed E-state index contributed by atoms with van der Waals surface area (Å²) in [5, 5.41) is 9.72. The lowest BCUT2D eigenvalue weighted by Crippen LogP contribution is -2.14. The highest BCUT2D eigenvalue weighted by atomic mass is 35.5. The highest BCUT2D eigenvalue weighted by Crippen LogP contribution is 2.33. The highest BCUT2D eigenvalue weighted by Gasteiger charge is 2.15. The summed E-state index contributed by atoms with van der Waals surface area (Å²) in [5.74, 6) is 1.56. The maximum atomic E-state index is 12.0. The van der Waals surface area contributed by atoms with Crippen LogP contribution in [-0.2, 0) is 0 Å². The number of hydrogen-bond acceptors (Lipinski definition) is 6. The van der Waals surface area contributed by atoms with E-state index in [1.54, 1.807) is 31.6 Å². The number of nitrogens with one attached hydrogen (secondary N) is 1. The fourth-order valence-corrected chi connectivity index (χ4v) is 2.52. The topological polar surface area (TPSA) is 88.0 Å². The zero-order valence-corrected chi connectivity index (χ0v) is 14.8. The number of alkyl halides is 1.